The van der Waals surface area contributed by atoms with E-state index in [1.54, 1.807) is 6.07 Å². The quantitative estimate of drug-likeness (QED) is 0.660. The van der Waals surface area contributed by atoms with Gasteiger partial charge in [0.2, 0.25) is 0 Å². The molecule has 1 aromatic carbocycles. The molecule has 2 rings (SSSR count). The van der Waals surface area contributed by atoms with Gasteiger partial charge in [-0.2, -0.15) is 0 Å². The summed E-state index contributed by atoms with van der Waals surface area (Å²) in [6.07, 6.45) is 1.06. The third kappa shape index (κ3) is 1.91. The molecular formula is C12H16ClNO. The average molecular weight is 226 g/mol. The molecule has 3 heteroatoms. The van der Waals surface area contributed by atoms with Gasteiger partial charge in [-0.1, -0.05) is 18.5 Å². The topological polar surface area (TPSA) is 32.3 Å². The second kappa shape index (κ2) is 3.31. The van der Waals surface area contributed by atoms with Gasteiger partial charge in [0.15, 0.2) is 0 Å². The van der Waals surface area contributed by atoms with Gasteiger partial charge in [-0.3, -0.25) is 0 Å². The van der Waals surface area contributed by atoms with Crippen LogP contribution < -0.4 is 5.32 Å². The first kappa shape index (κ1) is 10.6. The summed E-state index contributed by atoms with van der Waals surface area (Å²) in [4.78, 5) is 0. The minimum Gasteiger partial charge on any atom is -0.506 e. The van der Waals surface area contributed by atoms with Crippen molar-refractivity contribution in [1.82, 2.24) is 0 Å². The molecule has 1 heterocycles. The van der Waals surface area contributed by atoms with Crippen LogP contribution >= 0.6 is 11.6 Å². The minimum absolute atomic E-state index is 0.0900. The zero-order chi connectivity index (χ0) is 11.2. The number of fused-ring (bicyclic) bond motifs is 1. The van der Waals surface area contributed by atoms with Gasteiger partial charge in [-0.05, 0) is 43.9 Å². The smallest absolute Gasteiger partial charge is 0.134 e. The van der Waals surface area contributed by atoms with E-state index in [9.17, 15) is 5.11 Å². The van der Waals surface area contributed by atoms with E-state index in [1.807, 2.05) is 6.07 Å². The lowest BCUT2D eigenvalue weighted by Gasteiger charge is -2.37. The van der Waals surface area contributed by atoms with Crippen molar-refractivity contribution in [3.8, 4) is 5.75 Å². The largest absolute Gasteiger partial charge is 0.506 e. The monoisotopic (exact) mass is 225 g/mol. The molecule has 0 spiro atoms. The van der Waals surface area contributed by atoms with Crippen molar-refractivity contribution in [2.24, 2.45) is 0 Å². The molecule has 82 valence electrons. The normalized spacial score (nSPS) is 23.1. The number of aromatic hydroxyl groups is 1. The van der Waals surface area contributed by atoms with Gasteiger partial charge >= 0.3 is 0 Å². The third-order valence-corrected chi connectivity index (χ3v) is 3.24. The van der Waals surface area contributed by atoms with Gasteiger partial charge in [0.1, 0.15) is 5.75 Å². The maximum absolute atomic E-state index is 9.56. The van der Waals surface area contributed by atoms with Crippen molar-refractivity contribution in [2.45, 2.75) is 38.6 Å². The van der Waals surface area contributed by atoms with Gasteiger partial charge in [-0.25, -0.2) is 0 Å². The van der Waals surface area contributed by atoms with Crippen molar-refractivity contribution in [3.63, 3.8) is 0 Å². The van der Waals surface area contributed by atoms with E-state index in [0.717, 1.165) is 17.7 Å². The number of phenols is 1. The highest BCUT2D eigenvalue weighted by atomic mass is 35.5. The predicted octanol–water partition coefficient (Wildman–Crippen LogP) is 3.74. The Labute approximate surface area is 95.3 Å². The molecule has 1 atom stereocenters. The minimum atomic E-state index is 0.0900. The fraction of sp³-hybridized carbons (Fsp3) is 0.500. The fourth-order valence-electron chi connectivity index (χ4n) is 2.38. The van der Waals surface area contributed by atoms with E-state index in [4.69, 9.17) is 11.6 Å². The second-order valence-corrected chi connectivity index (χ2v) is 5.41. The van der Waals surface area contributed by atoms with Crippen LogP contribution in [-0.4, -0.2) is 10.6 Å². The van der Waals surface area contributed by atoms with Crippen LogP contribution in [0.15, 0.2) is 12.1 Å². The van der Waals surface area contributed by atoms with Crippen LogP contribution in [0.3, 0.4) is 0 Å². The molecule has 0 aromatic heterocycles. The van der Waals surface area contributed by atoms with Crippen LogP contribution in [0.1, 0.15) is 38.7 Å². The molecule has 0 amide bonds. The van der Waals surface area contributed by atoms with E-state index in [-0.39, 0.29) is 11.3 Å². The fourth-order valence-corrected chi connectivity index (χ4v) is 2.55. The van der Waals surface area contributed by atoms with E-state index < -0.39 is 0 Å². The van der Waals surface area contributed by atoms with Gasteiger partial charge in [0, 0.05) is 11.2 Å². The lowest BCUT2D eigenvalue weighted by molar-refractivity contribution is 0.446. The highest BCUT2D eigenvalue weighted by Crippen LogP contribution is 2.42. The van der Waals surface area contributed by atoms with E-state index >= 15 is 0 Å². The summed E-state index contributed by atoms with van der Waals surface area (Å²) < 4.78 is 0. The summed E-state index contributed by atoms with van der Waals surface area (Å²) in [5, 5.41) is 13.4. The van der Waals surface area contributed by atoms with Crippen molar-refractivity contribution in [3.05, 3.63) is 22.7 Å². The first-order valence-electron chi connectivity index (χ1n) is 5.20. The molecule has 0 bridgehead atoms. The molecule has 0 aliphatic carbocycles. The zero-order valence-electron chi connectivity index (χ0n) is 9.26. The molecule has 1 unspecified atom stereocenters. The molecule has 0 radical (unpaired) electrons. The van der Waals surface area contributed by atoms with Crippen LogP contribution in [0, 0.1) is 0 Å². The Morgan fingerprint density at radius 2 is 2.13 bits per heavy atom. The average Bonchev–Trinajstić information content (AvgIpc) is 2.07. The van der Waals surface area contributed by atoms with Crippen molar-refractivity contribution in [1.29, 1.82) is 0 Å². The van der Waals surface area contributed by atoms with Crippen molar-refractivity contribution >= 4 is 17.3 Å². The summed E-state index contributed by atoms with van der Waals surface area (Å²) >= 11 is 5.90. The van der Waals surface area contributed by atoms with Gasteiger partial charge in [-0.15, -0.1) is 0 Å². The Balaban J connectivity index is 2.51. The molecule has 15 heavy (non-hydrogen) atoms. The molecule has 1 aliphatic heterocycles. The summed E-state index contributed by atoms with van der Waals surface area (Å²) in [6.45, 7) is 6.52. The zero-order valence-corrected chi connectivity index (χ0v) is 10.0. The van der Waals surface area contributed by atoms with Crippen LogP contribution in [0.4, 0.5) is 5.69 Å². The van der Waals surface area contributed by atoms with Crippen LogP contribution in [-0.2, 0) is 0 Å². The highest BCUT2D eigenvalue weighted by Gasteiger charge is 2.29. The summed E-state index contributed by atoms with van der Waals surface area (Å²) in [6, 6.07) is 3.58. The molecular weight excluding hydrogens is 210 g/mol. The van der Waals surface area contributed by atoms with Crippen LogP contribution in [0.25, 0.3) is 0 Å². The Hall–Kier alpha value is -0.890. The Bertz CT molecular complexity index is 401. The third-order valence-electron chi connectivity index (χ3n) is 2.94. The van der Waals surface area contributed by atoms with E-state index in [2.05, 4.69) is 26.1 Å². The molecule has 0 saturated heterocycles. The summed E-state index contributed by atoms with van der Waals surface area (Å²) in [5.74, 6) is 0.614. The maximum Gasteiger partial charge on any atom is 0.134 e. The SMILES string of the molecule is CC1CC(C)(C)Nc2cc(Cl)c(O)cc21. The summed E-state index contributed by atoms with van der Waals surface area (Å²) in [7, 11) is 0. The maximum atomic E-state index is 9.56. The highest BCUT2D eigenvalue weighted by molar-refractivity contribution is 6.32. The molecule has 2 nitrogen and oxygen atoms in total. The Morgan fingerprint density at radius 1 is 1.47 bits per heavy atom. The standard InChI is InChI=1S/C12H16ClNO/c1-7-6-12(2,3)14-10-5-9(13)11(15)4-8(7)10/h4-5,7,14-15H,6H2,1-3H3. The van der Waals surface area contributed by atoms with Gasteiger partial charge in [0.25, 0.3) is 0 Å². The lowest BCUT2D eigenvalue weighted by Crippen LogP contribution is -2.36. The first-order chi connectivity index (χ1) is 6.89. The van der Waals surface area contributed by atoms with Crippen LogP contribution in [0.2, 0.25) is 5.02 Å². The molecule has 0 fully saturated rings. The van der Waals surface area contributed by atoms with Crippen LogP contribution in [0.5, 0.6) is 5.75 Å². The Morgan fingerprint density at radius 3 is 2.80 bits per heavy atom. The number of anilines is 1. The van der Waals surface area contributed by atoms with Crippen molar-refractivity contribution < 1.29 is 5.11 Å². The molecule has 0 saturated carbocycles. The second-order valence-electron chi connectivity index (χ2n) is 5.00. The molecule has 1 aliphatic rings. The lowest BCUT2D eigenvalue weighted by atomic mass is 9.82. The van der Waals surface area contributed by atoms with Gasteiger partial charge < -0.3 is 10.4 Å². The van der Waals surface area contributed by atoms with E-state index in [0.29, 0.717) is 10.9 Å². The Kier molecular flexibility index (Phi) is 2.34. The number of phenolic OH excluding ortho intramolecular Hbond substituents is 1. The van der Waals surface area contributed by atoms with Crippen molar-refractivity contribution in [2.75, 3.05) is 5.32 Å². The number of hydrogen-bond acceptors (Lipinski definition) is 2. The number of hydrogen-bond donors (Lipinski definition) is 2. The molecule has 1 aromatic rings. The first-order valence-corrected chi connectivity index (χ1v) is 5.57. The van der Waals surface area contributed by atoms with E-state index in [1.165, 1.54) is 0 Å². The number of rotatable bonds is 0. The summed E-state index contributed by atoms with van der Waals surface area (Å²) in [5.41, 5.74) is 2.28. The van der Waals surface area contributed by atoms with Gasteiger partial charge in [0.05, 0.1) is 5.02 Å². The predicted molar refractivity (Wildman–Crippen MR) is 63.9 cm³/mol. The number of halogens is 1. The number of benzene rings is 1. The molecule has 2 N–H and O–H groups in total. The number of nitrogens with one attached hydrogen (secondary N) is 1.